The molecule has 3 aromatic rings. The lowest BCUT2D eigenvalue weighted by Gasteiger charge is -2.23. The lowest BCUT2D eigenvalue weighted by molar-refractivity contribution is 0.454. The van der Waals surface area contributed by atoms with Gasteiger partial charge < -0.3 is 5.11 Å². The van der Waals surface area contributed by atoms with Gasteiger partial charge in [0.15, 0.2) is 9.84 Å². The highest BCUT2D eigenvalue weighted by molar-refractivity contribution is 7.91. The molecule has 0 bridgehead atoms. The molecule has 3 nitrogen and oxygen atoms in total. The highest BCUT2D eigenvalue weighted by Crippen LogP contribution is 2.41. The molecule has 3 rings (SSSR count). The minimum Gasteiger partial charge on any atom is -0.507 e. The average Bonchev–Trinajstić information content (AvgIpc) is 2.70. The summed E-state index contributed by atoms with van der Waals surface area (Å²) in [6, 6.07) is 21.6. The molecule has 1 N–H and O–H groups in total. The quantitative estimate of drug-likeness (QED) is 0.528. The van der Waals surface area contributed by atoms with Crippen molar-refractivity contribution in [2.75, 3.05) is 0 Å². The Morgan fingerprint density at radius 3 is 1.59 bits per heavy atom. The molecule has 0 aromatic heterocycles. The zero-order chi connectivity index (χ0) is 21.2. The van der Waals surface area contributed by atoms with Gasteiger partial charge in [-0.1, -0.05) is 88.4 Å². The van der Waals surface area contributed by atoms with E-state index in [1.807, 2.05) is 76.2 Å². The zero-order valence-corrected chi connectivity index (χ0v) is 18.1. The Kier molecular flexibility index (Phi) is 6.13. The number of benzene rings is 3. The van der Waals surface area contributed by atoms with E-state index in [2.05, 4.69) is 0 Å². The first-order chi connectivity index (χ1) is 13.7. The lowest BCUT2D eigenvalue weighted by Crippen LogP contribution is -2.16. The van der Waals surface area contributed by atoms with Crippen LogP contribution >= 0.6 is 0 Å². The molecular weight excluding hydrogens is 380 g/mol. The molecule has 4 heteroatoms. The van der Waals surface area contributed by atoms with Crippen molar-refractivity contribution in [1.29, 1.82) is 0 Å². The van der Waals surface area contributed by atoms with E-state index in [0.717, 1.165) is 11.1 Å². The van der Waals surface area contributed by atoms with Crippen molar-refractivity contribution in [2.45, 2.75) is 49.7 Å². The normalized spacial score (nSPS) is 13.0. The summed E-state index contributed by atoms with van der Waals surface area (Å²) in [4.78, 5) is 0.291. The SMILES string of the molecule is CC(C)c1cc(C(c2ccccc2)S(=O)(=O)c2ccccc2)cc(C(C)C)c1O. The zero-order valence-electron chi connectivity index (χ0n) is 17.3. The van der Waals surface area contributed by atoms with Crippen LogP contribution in [0.2, 0.25) is 0 Å². The minimum atomic E-state index is -3.69. The van der Waals surface area contributed by atoms with Crippen LogP contribution < -0.4 is 0 Å². The van der Waals surface area contributed by atoms with Crippen LogP contribution in [-0.2, 0) is 9.84 Å². The van der Waals surface area contributed by atoms with Crippen LogP contribution in [0.15, 0.2) is 77.7 Å². The highest BCUT2D eigenvalue weighted by atomic mass is 32.2. The summed E-state index contributed by atoms with van der Waals surface area (Å²) < 4.78 is 27.4. The van der Waals surface area contributed by atoms with Crippen molar-refractivity contribution in [1.82, 2.24) is 0 Å². The first-order valence-electron chi connectivity index (χ1n) is 9.94. The van der Waals surface area contributed by atoms with Crippen molar-refractivity contribution in [2.24, 2.45) is 0 Å². The van der Waals surface area contributed by atoms with Gasteiger partial charge >= 0.3 is 0 Å². The number of sulfone groups is 1. The molecule has 0 saturated heterocycles. The Morgan fingerprint density at radius 2 is 1.14 bits per heavy atom. The average molecular weight is 409 g/mol. The van der Waals surface area contributed by atoms with Gasteiger partial charge in [0.25, 0.3) is 0 Å². The molecule has 29 heavy (non-hydrogen) atoms. The largest absolute Gasteiger partial charge is 0.507 e. The number of hydrogen-bond donors (Lipinski definition) is 1. The van der Waals surface area contributed by atoms with E-state index in [1.54, 1.807) is 24.3 Å². The van der Waals surface area contributed by atoms with Crippen molar-refractivity contribution in [3.05, 3.63) is 95.1 Å². The molecule has 0 aliphatic rings. The molecule has 0 spiro atoms. The van der Waals surface area contributed by atoms with Gasteiger partial charge in [-0.3, -0.25) is 0 Å². The Hall–Kier alpha value is -2.59. The number of hydrogen-bond acceptors (Lipinski definition) is 3. The topological polar surface area (TPSA) is 54.4 Å². The maximum absolute atomic E-state index is 13.7. The molecule has 0 amide bonds. The summed E-state index contributed by atoms with van der Waals surface area (Å²) in [5, 5.41) is 9.93. The van der Waals surface area contributed by atoms with Gasteiger partial charge in [-0.05, 0) is 46.2 Å². The standard InChI is InChI=1S/C25H28O3S/c1-17(2)22-15-20(16-23(18(3)4)24(22)26)25(19-11-7-5-8-12-19)29(27,28)21-13-9-6-10-14-21/h5-18,25-26H,1-4H3. The fourth-order valence-electron chi connectivity index (χ4n) is 3.66. The van der Waals surface area contributed by atoms with E-state index in [0.29, 0.717) is 16.0 Å². The Labute approximate surface area is 174 Å². The molecule has 1 atom stereocenters. The molecule has 0 heterocycles. The fraction of sp³-hybridized carbons (Fsp3) is 0.280. The number of phenolic OH excluding ortho intramolecular Hbond substituents is 1. The van der Waals surface area contributed by atoms with Crippen LogP contribution in [-0.4, -0.2) is 13.5 Å². The van der Waals surface area contributed by atoms with Crippen LogP contribution in [0.1, 0.15) is 67.0 Å². The van der Waals surface area contributed by atoms with Gasteiger partial charge in [-0.25, -0.2) is 8.42 Å². The molecule has 0 radical (unpaired) electrons. The maximum Gasteiger partial charge on any atom is 0.189 e. The second kappa shape index (κ2) is 8.42. The van der Waals surface area contributed by atoms with E-state index >= 15 is 0 Å². The maximum atomic E-state index is 13.7. The second-order valence-corrected chi connectivity index (χ2v) is 10.0. The van der Waals surface area contributed by atoms with Gasteiger partial charge in [0.1, 0.15) is 11.0 Å². The minimum absolute atomic E-state index is 0.0725. The fourth-order valence-corrected chi connectivity index (χ4v) is 5.48. The lowest BCUT2D eigenvalue weighted by atomic mass is 9.89. The van der Waals surface area contributed by atoms with Gasteiger partial charge in [0.05, 0.1) is 4.90 Å². The molecule has 3 aromatic carbocycles. The summed E-state index contributed by atoms with van der Waals surface area (Å²) in [5.41, 5.74) is 2.95. The number of rotatable bonds is 6. The van der Waals surface area contributed by atoms with Gasteiger partial charge in [0, 0.05) is 0 Å². The summed E-state index contributed by atoms with van der Waals surface area (Å²) in [6.45, 7) is 8.02. The van der Waals surface area contributed by atoms with Crippen LogP contribution in [0.3, 0.4) is 0 Å². The molecule has 0 saturated carbocycles. The van der Waals surface area contributed by atoms with Gasteiger partial charge in [-0.15, -0.1) is 0 Å². The molecule has 152 valence electrons. The first-order valence-corrected chi connectivity index (χ1v) is 11.5. The summed E-state index contributed by atoms with van der Waals surface area (Å²) >= 11 is 0. The van der Waals surface area contributed by atoms with Crippen molar-refractivity contribution in [3.63, 3.8) is 0 Å². The second-order valence-electron chi connectivity index (χ2n) is 8.01. The van der Waals surface area contributed by atoms with E-state index in [-0.39, 0.29) is 17.6 Å². The van der Waals surface area contributed by atoms with E-state index in [4.69, 9.17) is 0 Å². The van der Waals surface area contributed by atoms with Crippen LogP contribution in [0.25, 0.3) is 0 Å². The first kappa shape index (κ1) is 21.1. The van der Waals surface area contributed by atoms with E-state index in [1.165, 1.54) is 0 Å². The van der Waals surface area contributed by atoms with Crippen molar-refractivity contribution in [3.8, 4) is 5.75 Å². The van der Waals surface area contributed by atoms with Gasteiger partial charge in [-0.2, -0.15) is 0 Å². The van der Waals surface area contributed by atoms with Crippen molar-refractivity contribution >= 4 is 9.84 Å². The predicted octanol–water partition coefficient (Wildman–Crippen LogP) is 6.20. The monoisotopic (exact) mass is 408 g/mol. The predicted molar refractivity (Wildman–Crippen MR) is 118 cm³/mol. The summed E-state index contributed by atoms with van der Waals surface area (Å²) in [5.74, 6) is 0.411. The summed E-state index contributed by atoms with van der Waals surface area (Å²) in [7, 11) is -3.69. The van der Waals surface area contributed by atoms with Gasteiger partial charge in [0.2, 0.25) is 0 Å². The summed E-state index contributed by atoms with van der Waals surface area (Å²) in [6.07, 6.45) is 0. The molecule has 0 aliphatic carbocycles. The van der Waals surface area contributed by atoms with Crippen molar-refractivity contribution < 1.29 is 13.5 Å². The third-order valence-electron chi connectivity index (χ3n) is 5.22. The Bertz CT molecular complexity index is 1040. The van der Waals surface area contributed by atoms with E-state index in [9.17, 15) is 13.5 Å². The number of phenols is 1. The molecule has 0 aliphatic heterocycles. The Morgan fingerprint density at radius 1 is 0.690 bits per heavy atom. The highest BCUT2D eigenvalue weighted by Gasteiger charge is 2.32. The molecule has 1 unspecified atom stereocenters. The smallest absolute Gasteiger partial charge is 0.189 e. The Balaban J connectivity index is 2.31. The molecule has 0 fully saturated rings. The van der Waals surface area contributed by atoms with Crippen LogP contribution in [0, 0.1) is 0 Å². The third kappa shape index (κ3) is 4.23. The third-order valence-corrected chi connectivity index (χ3v) is 7.32. The van der Waals surface area contributed by atoms with E-state index < -0.39 is 15.1 Å². The van der Waals surface area contributed by atoms with Crippen LogP contribution in [0.4, 0.5) is 0 Å². The number of aromatic hydroxyl groups is 1. The van der Waals surface area contributed by atoms with Crippen LogP contribution in [0.5, 0.6) is 5.75 Å². The molecular formula is C25H28O3S.